The molecule has 8 heteroatoms. The van der Waals surface area contributed by atoms with Crippen molar-refractivity contribution >= 4 is 28.8 Å². The Kier molecular flexibility index (Phi) is 6.02. The molecule has 4 N–H and O–H groups in total. The zero-order valence-corrected chi connectivity index (χ0v) is 14.2. The van der Waals surface area contributed by atoms with Crippen LogP contribution in [0.25, 0.3) is 0 Å². The monoisotopic (exact) mass is 349 g/mol. The van der Waals surface area contributed by atoms with E-state index in [-0.39, 0.29) is 11.7 Å². The molecule has 0 saturated heterocycles. The molecule has 0 radical (unpaired) electrons. The normalized spacial score (nSPS) is 12.5. The molecular formula is C16H19N3O4S. The molecule has 0 unspecified atom stereocenters. The fourth-order valence-electron chi connectivity index (χ4n) is 2.17. The number of benzene rings is 1. The molecular weight excluding hydrogens is 330 g/mol. The van der Waals surface area contributed by atoms with Crippen LogP contribution >= 0.6 is 11.3 Å². The topological polar surface area (TPSA) is 106 Å². The van der Waals surface area contributed by atoms with Gasteiger partial charge in [-0.05, 0) is 23.6 Å². The standard InChI is InChI=1S/C16H19N3O4S/c1-22-13-6-5-10(8-14(13)23-2)18-16(20)12(15(17)19-21)9-11-4-3-7-24-11/h3-8,12,21H,9H2,1-2H3,(H2,17,19)(H,18,20)/t12-/m1/s1. The molecule has 2 aromatic rings. The van der Waals surface area contributed by atoms with Gasteiger partial charge < -0.3 is 25.7 Å². The second-order valence-electron chi connectivity index (χ2n) is 4.92. The Morgan fingerprint density at radius 2 is 2.08 bits per heavy atom. The highest BCUT2D eigenvalue weighted by molar-refractivity contribution is 7.09. The lowest BCUT2D eigenvalue weighted by Gasteiger charge is -2.16. The third kappa shape index (κ3) is 4.17. The SMILES string of the molecule is COc1ccc(NC(=O)[C@H](Cc2cccs2)/C(N)=N\O)cc1OC. The quantitative estimate of drug-likeness (QED) is 0.308. The first-order chi connectivity index (χ1) is 11.6. The van der Waals surface area contributed by atoms with E-state index in [1.807, 2.05) is 17.5 Å². The summed E-state index contributed by atoms with van der Waals surface area (Å²) in [7, 11) is 3.05. The van der Waals surface area contributed by atoms with Crippen LogP contribution in [0.1, 0.15) is 4.88 Å². The average Bonchev–Trinajstić information content (AvgIpc) is 3.11. The number of amidine groups is 1. The van der Waals surface area contributed by atoms with Gasteiger partial charge in [0.05, 0.1) is 14.2 Å². The average molecular weight is 349 g/mol. The van der Waals surface area contributed by atoms with E-state index in [2.05, 4.69) is 10.5 Å². The van der Waals surface area contributed by atoms with Gasteiger partial charge in [-0.3, -0.25) is 4.79 Å². The lowest BCUT2D eigenvalue weighted by atomic mass is 10.0. The van der Waals surface area contributed by atoms with E-state index in [9.17, 15) is 4.79 Å². The molecule has 1 heterocycles. The lowest BCUT2D eigenvalue weighted by molar-refractivity contribution is -0.118. The van der Waals surface area contributed by atoms with Gasteiger partial charge in [0, 0.05) is 23.1 Å². The number of rotatable bonds is 7. The third-order valence-electron chi connectivity index (χ3n) is 3.43. The maximum absolute atomic E-state index is 12.5. The highest BCUT2D eigenvalue weighted by Crippen LogP contribution is 2.30. The zero-order valence-electron chi connectivity index (χ0n) is 13.4. The van der Waals surface area contributed by atoms with Crippen molar-refractivity contribution in [2.75, 3.05) is 19.5 Å². The first-order valence-electron chi connectivity index (χ1n) is 7.11. The Morgan fingerprint density at radius 3 is 2.67 bits per heavy atom. The van der Waals surface area contributed by atoms with Crippen LogP contribution < -0.4 is 20.5 Å². The van der Waals surface area contributed by atoms with E-state index in [1.165, 1.54) is 25.6 Å². The molecule has 7 nitrogen and oxygen atoms in total. The molecule has 0 fully saturated rings. The maximum atomic E-state index is 12.5. The van der Waals surface area contributed by atoms with E-state index in [0.717, 1.165) is 4.88 Å². The van der Waals surface area contributed by atoms with Gasteiger partial charge in [-0.25, -0.2) is 0 Å². The van der Waals surface area contributed by atoms with Crippen LogP contribution in [0.5, 0.6) is 11.5 Å². The molecule has 24 heavy (non-hydrogen) atoms. The summed E-state index contributed by atoms with van der Waals surface area (Å²) in [4.78, 5) is 13.5. The van der Waals surface area contributed by atoms with Gasteiger partial charge in [-0.15, -0.1) is 11.3 Å². The van der Waals surface area contributed by atoms with E-state index >= 15 is 0 Å². The predicted molar refractivity (Wildman–Crippen MR) is 93.1 cm³/mol. The van der Waals surface area contributed by atoms with Crippen molar-refractivity contribution in [2.45, 2.75) is 6.42 Å². The maximum Gasteiger partial charge on any atom is 0.235 e. The highest BCUT2D eigenvalue weighted by Gasteiger charge is 2.24. The van der Waals surface area contributed by atoms with Crippen molar-refractivity contribution in [3.63, 3.8) is 0 Å². The van der Waals surface area contributed by atoms with Crippen LogP contribution in [0.15, 0.2) is 40.9 Å². The van der Waals surface area contributed by atoms with Gasteiger partial charge in [0.15, 0.2) is 17.3 Å². The molecule has 1 aromatic heterocycles. The summed E-state index contributed by atoms with van der Waals surface area (Å²) in [6, 6.07) is 8.80. The van der Waals surface area contributed by atoms with Crippen LogP contribution in [0.3, 0.4) is 0 Å². The number of hydrogen-bond acceptors (Lipinski definition) is 6. The number of nitrogens with one attached hydrogen (secondary N) is 1. The van der Waals surface area contributed by atoms with Crippen LogP contribution in [0.2, 0.25) is 0 Å². The van der Waals surface area contributed by atoms with Crippen LogP contribution in [0, 0.1) is 5.92 Å². The molecule has 1 aromatic carbocycles. The van der Waals surface area contributed by atoms with E-state index in [1.54, 1.807) is 18.2 Å². The number of amides is 1. The van der Waals surface area contributed by atoms with Crippen LogP contribution in [0.4, 0.5) is 5.69 Å². The molecule has 1 amide bonds. The Morgan fingerprint density at radius 1 is 1.33 bits per heavy atom. The molecule has 0 bridgehead atoms. The van der Waals surface area contributed by atoms with Crippen molar-refractivity contribution < 1.29 is 19.5 Å². The minimum absolute atomic E-state index is 0.138. The van der Waals surface area contributed by atoms with E-state index < -0.39 is 5.92 Å². The number of hydrogen-bond donors (Lipinski definition) is 3. The minimum Gasteiger partial charge on any atom is -0.493 e. The summed E-state index contributed by atoms with van der Waals surface area (Å²) < 4.78 is 10.4. The number of carbonyl (C=O) groups is 1. The Labute approximate surface area is 143 Å². The Bertz CT molecular complexity index is 716. The van der Waals surface area contributed by atoms with Gasteiger partial charge in [-0.2, -0.15) is 0 Å². The summed E-state index contributed by atoms with van der Waals surface area (Å²) in [5.74, 6) is -0.231. The van der Waals surface area contributed by atoms with Crippen molar-refractivity contribution in [3.8, 4) is 11.5 Å². The molecule has 0 spiro atoms. The first kappa shape index (κ1) is 17.6. The van der Waals surface area contributed by atoms with E-state index in [0.29, 0.717) is 23.6 Å². The molecule has 1 atom stereocenters. The number of thiophene rings is 1. The number of ether oxygens (including phenoxy) is 2. The van der Waals surface area contributed by atoms with Crippen LogP contribution in [-0.2, 0) is 11.2 Å². The predicted octanol–water partition coefficient (Wildman–Crippen LogP) is 2.31. The highest BCUT2D eigenvalue weighted by atomic mass is 32.1. The number of carbonyl (C=O) groups excluding carboxylic acids is 1. The molecule has 0 aliphatic carbocycles. The smallest absolute Gasteiger partial charge is 0.235 e. The summed E-state index contributed by atoms with van der Waals surface area (Å²) in [5.41, 5.74) is 6.22. The van der Waals surface area contributed by atoms with Crippen molar-refractivity contribution in [3.05, 3.63) is 40.6 Å². The van der Waals surface area contributed by atoms with Gasteiger partial charge in [-0.1, -0.05) is 11.2 Å². The Balaban J connectivity index is 2.18. The minimum atomic E-state index is -0.776. The fraction of sp³-hybridized carbons (Fsp3) is 0.250. The summed E-state index contributed by atoms with van der Waals surface area (Å²) in [5, 5.41) is 16.6. The van der Waals surface area contributed by atoms with Gasteiger partial charge in [0.25, 0.3) is 0 Å². The van der Waals surface area contributed by atoms with Gasteiger partial charge >= 0.3 is 0 Å². The number of oxime groups is 1. The summed E-state index contributed by atoms with van der Waals surface area (Å²) in [6.07, 6.45) is 0.354. The lowest BCUT2D eigenvalue weighted by Crippen LogP contribution is -2.36. The molecule has 128 valence electrons. The van der Waals surface area contributed by atoms with E-state index in [4.69, 9.17) is 20.4 Å². The third-order valence-corrected chi connectivity index (χ3v) is 4.32. The van der Waals surface area contributed by atoms with Crippen molar-refractivity contribution in [2.24, 2.45) is 16.8 Å². The molecule has 0 aliphatic heterocycles. The number of nitrogens with zero attached hydrogens (tertiary/aromatic N) is 1. The zero-order chi connectivity index (χ0) is 17.5. The second-order valence-corrected chi connectivity index (χ2v) is 5.95. The van der Waals surface area contributed by atoms with Crippen molar-refractivity contribution in [1.82, 2.24) is 0 Å². The molecule has 0 aliphatic rings. The summed E-state index contributed by atoms with van der Waals surface area (Å²) in [6.45, 7) is 0. The number of anilines is 1. The fourth-order valence-corrected chi connectivity index (χ4v) is 2.93. The molecule has 2 rings (SSSR count). The van der Waals surface area contributed by atoms with Gasteiger partial charge in [0.2, 0.25) is 5.91 Å². The molecule has 0 saturated carbocycles. The summed E-state index contributed by atoms with van der Waals surface area (Å²) >= 11 is 1.51. The first-order valence-corrected chi connectivity index (χ1v) is 7.99. The van der Waals surface area contributed by atoms with Crippen molar-refractivity contribution in [1.29, 1.82) is 0 Å². The largest absolute Gasteiger partial charge is 0.493 e. The van der Waals surface area contributed by atoms with Gasteiger partial charge in [0.1, 0.15) is 5.92 Å². The second kappa shape index (κ2) is 8.21. The number of methoxy groups -OCH3 is 2. The number of nitrogens with two attached hydrogens (primary N) is 1. The van der Waals surface area contributed by atoms with Crippen LogP contribution in [-0.4, -0.2) is 31.2 Å². The Hall–Kier alpha value is -2.74.